The standard InChI is InChI=1S/C28H43ClN4O2.C26H40Cl2N4O2/c1-3-22(4-2)21-33-19-14-25(20-30-27(34)13-10-23-8-11-24(29)12-9-23)31-26(28(33)35)15-18-32-16-6-5-7-17-32;1-3-19(4-2)18-32-15-10-21(17-29-25(33)20-8-9-22(27)23(28)16-20)30-24(26(32)34)11-14-31-12-6-5-7-13-31/h8-13,22,25-26,31H,3-7,14-21H2,1-2H3,(H,30,34);8-9,16,19,21,24,30H,3-7,10-15,17-18H2,1-2H3,(H,29,33)/t25-,26-;21-,24-/m00/s1. The number of hydrogen-bond donors (Lipinski definition) is 4. The second kappa shape index (κ2) is 30.6. The number of benzene rings is 2. The summed E-state index contributed by atoms with van der Waals surface area (Å²) in [6.45, 7) is 19.3. The van der Waals surface area contributed by atoms with E-state index >= 15 is 0 Å². The van der Waals surface area contributed by atoms with Crippen molar-refractivity contribution in [3.8, 4) is 0 Å². The Hall–Kier alpha value is -3.23. The van der Waals surface area contributed by atoms with Gasteiger partial charge in [0.1, 0.15) is 0 Å². The van der Waals surface area contributed by atoms with Crippen LogP contribution >= 0.6 is 34.8 Å². The Morgan fingerprint density at radius 3 is 1.58 bits per heavy atom. The fourth-order valence-electron chi connectivity index (χ4n) is 9.95. The molecular formula is C54H83Cl3N8O4. The van der Waals surface area contributed by atoms with E-state index in [1.807, 2.05) is 24.3 Å². The van der Waals surface area contributed by atoms with Crippen LogP contribution in [-0.4, -0.2) is 146 Å². The fraction of sp³-hybridized carbons (Fsp3) is 0.667. The van der Waals surface area contributed by atoms with Crippen LogP contribution in [0.1, 0.15) is 134 Å². The SMILES string of the molecule is CCC(CC)CN1CC[C@@H](CNC(=O)C=Cc2ccc(Cl)cc2)N[C@@H](CCN2CCCCC2)C1=O.CCC(CC)CN1CC[C@@H](CNC(=O)c2ccc(Cl)c(Cl)c2)N[C@@H](CCN2CCCCC2)C1=O. The highest BCUT2D eigenvalue weighted by Crippen LogP contribution is 2.23. The van der Waals surface area contributed by atoms with Crippen LogP contribution in [0.2, 0.25) is 15.1 Å². The molecule has 4 fully saturated rings. The third-order valence-corrected chi connectivity index (χ3v) is 15.7. The van der Waals surface area contributed by atoms with Crippen LogP contribution in [0.25, 0.3) is 6.08 Å². The summed E-state index contributed by atoms with van der Waals surface area (Å²) in [7, 11) is 0. The molecule has 69 heavy (non-hydrogen) atoms. The van der Waals surface area contributed by atoms with Gasteiger partial charge in [-0.3, -0.25) is 19.2 Å². The van der Waals surface area contributed by atoms with Crippen LogP contribution in [0.5, 0.6) is 0 Å². The Morgan fingerprint density at radius 2 is 1.12 bits per heavy atom. The largest absolute Gasteiger partial charge is 0.351 e. The first-order valence-electron chi connectivity index (χ1n) is 26.4. The second-order valence-electron chi connectivity index (χ2n) is 19.7. The van der Waals surface area contributed by atoms with Crippen molar-refractivity contribution in [1.29, 1.82) is 0 Å². The molecular weight excluding hydrogens is 931 g/mol. The minimum Gasteiger partial charge on any atom is -0.351 e. The summed E-state index contributed by atoms with van der Waals surface area (Å²) in [5.41, 5.74) is 1.41. The molecule has 0 aromatic heterocycles. The highest BCUT2D eigenvalue weighted by atomic mass is 35.5. The molecule has 4 heterocycles. The summed E-state index contributed by atoms with van der Waals surface area (Å²) in [5.74, 6) is 1.19. The van der Waals surface area contributed by atoms with Gasteiger partial charge in [-0.15, -0.1) is 0 Å². The van der Waals surface area contributed by atoms with Gasteiger partial charge in [0.2, 0.25) is 17.7 Å². The van der Waals surface area contributed by atoms with Gasteiger partial charge in [-0.2, -0.15) is 0 Å². The van der Waals surface area contributed by atoms with Gasteiger partial charge in [-0.25, -0.2) is 0 Å². The Labute approximate surface area is 429 Å². The van der Waals surface area contributed by atoms with Gasteiger partial charge >= 0.3 is 0 Å². The van der Waals surface area contributed by atoms with Crippen molar-refractivity contribution in [2.75, 3.05) is 78.5 Å². The Balaban J connectivity index is 0.000000258. The molecule has 2 aromatic carbocycles. The van der Waals surface area contributed by atoms with Gasteiger partial charge in [-0.1, -0.05) is 113 Å². The van der Waals surface area contributed by atoms with Crippen molar-refractivity contribution in [2.24, 2.45) is 11.8 Å². The maximum atomic E-state index is 13.5. The number of hydrogen-bond acceptors (Lipinski definition) is 8. The van der Waals surface area contributed by atoms with E-state index < -0.39 is 0 Å². The minimum absolute atomic E-state index is 0.0359. The first kappa shape index (κ1) is 56.7. The smallest absolute Gasteiger partial charge is 0.251 e. The first-order chi connectivity index (χ1) is 33.4. The van der Waals surface area contributed by atoms with Crippen molar-refractivity contribution in [1.82, 2.24) is 40.9 Å². The average molecular weight is 1010 g/mol. The molecule has 0 aliphatic carbocycles. The molecule has 0 radical (unpaired) electrons. The van der Waals surface area contributed by atoms with Gasteiger partial charge in [0.25, 0.3) is 5.91 Å². The van der Waals surface area contributed by atoms with Crippen molar-refractivity contribution < 1.29 is 19.2 Å². The lowest BCUT2D eigenvalue weighted by Crippen LogP contribution is -2.50. The molecule has 2 aromatic rings. The lowest BCUT2D eigenvalue weighted by atomic mass is 10.0. The van der Waals surface area contributed by atoms with Crippen LogP contribution < -0.4 is 21.3 Å². The highest BCUT2D eigenvalue weighted by molar-refractivity contribution is 6.42. The van der Waals surface area contributed by atoms with Crippen LogP contribution in [0, 0.1) is 11.8 Å². The number of carbonyl (C=O) groups excluding carboxylic acids is 4. The van der Waals surface area contributed by atoms with Gasteiger partial charge in [0.05, 0.1) is 22.1 Å². The molecule has 4 N–H and O–H groups in total. The van der Waals surface area contributed by atoms with Crippen molar-refractivity contribution in [2.45, 2.75) is 142 Å². The van der Waals surface area contributed by atoms with Gasteiger partial charge in [-0.05, 0) is 131 Å². The predicted octanol–water partition coefficient (Wildman–Crippen LogP) is 8.94. The molecule has 4 amide bonds. The fourth-order valence-corrected chi connectivity index (χ4v) is 10.4. The minimum atomic E-state index is -0.217. The lowest BCUT2D eigenvalue weighted by Gasteiger charge is -2.30. The average Bonchev–Trinajstić information content (AvgIpc) is 3.62. The summed E-state index contributed by atoms with van der Waals surface area (Å²) in [6, 6.07) is 12.0. The highest BCUT2D eigenvalue weighted by Gasteiger charge is 2.34. The molecule has 384 valence electrons. The lowest BCUT2D eigenvalue weighted by molar-refractivity contribution is -0.134. The van der Waals surface area contributed by atoms with Crippen molar-refractivity contribution in [3.63, 3.8) is 0 Å². The monoisotopic (exact) mass is 1010 g/mol. The number of carbonyl (C=O) groups is 4. The summed E-state index contributed by atoms with van der Waals surface area (Å²) >= 11 is 18.0. The van der Waals surface area contributed by atoms with E-state index in [4.69, 9.17) is 34.8 Å². The quantitative estimate of drug-likeness (QED) is 0.0914. The van der Waals surface area contributed by atoms with E-state index in [0.29, 0.717) is 45.6 Å². The topological polar surface area (TPSA) is 129 Å². The van der Waals surface area contributed by atoms with E-state index in [9.17, 15) is 19.2 Å². The number of likely N-dealkylation sites (tertiary alicyclic amines) is 2. The zero-order valence-electron chi connectivity index (χ0n) is 42.1. The summed E-state index contributed by atoms with van der Waals surface area (Å²) in [5, 5.41) is 14.7. The number of rotatable bonds is 21. The second-order valence-corrected chi connectivity index (χ2v) is 20.9. The molecule has 0 bridgehead atoms. The zero-order chi connectivity index (χ0) is 49.5. The Kier molecular flexibility index (Phi) is 25.1. The molecule has 4 aliphatic heterocycles. The van der Waals surface area contributed by atoms with Crippen LogP contribution in [-0.2, 0) is 14.4 Å². The maximum Gasteiger partial charge on any atom is 0.251 e. The van der Waals surface area contributed by atoms with Crippen molar-refractivity contribution >= 4 is 64.5 Å². The summed E-state index contributed by atoms with van der Waals surface area (Å²) in [4.78, 5) is 61.2. The summed E-state index contributed by atoms with van der Waals surface area (Å²) in [6.07, 6.45) is 18.6. The van der Waals surface area contributed by atoms with E-state index in [1.165, 1.54) is 38.5 Å². The van der Waals surface area contributed by atoms with Gasteiger partial charge in [0.15, 0.2) is 0 Å². The van der Waals surface area contributed by atoms with E-state index in [-0.39, 0.29) is 47.8 Å². The Morgan fingerprint density at radius 1 is 0.638 bits per heavy atom. The molecule has 0 spiro atoms. The third-order valence-electron chi connectivity index (χ3n) is 14.7. The number of amides is 4. The normalized spacial score (nSPS) is 22.1. The van der Waals surface area contributed by atoms with Crippen LogP contribution in [0.3, 0.4) is 0 Å². The number of halogens is 3. The molecule has 15 heteroatoms. The van der Waals surface area contributed by atoms with E-state index in [0.717, 1.165) is 122 Å². The van der Waals surface area contributed by atoms with Crippen LogP contribution in [0.4, 0.5) is 0 Å². The zero-order valence-corrected chi connectivity index (χ0v) is 44.4. The van der Waals surface area contributed by atoms with Gasteiger partial charge < -0.3 is 40.9 Å². The molecule has 12 nitrogen and oxygen atoms in total. The first-order valence-corrected chi connectivity index (χ1v) is 27.5. The van der Waals surface area contributed by atoms with Crippen LogP contribution in [0.15, 0.2) is 48.5 Å². The van der Waals surface area contributed by atoms with Crippen molar-refractivity contribution in [3.05, 3.63) is 74.7 Å². The molecule has 4 saturated heterocycles. The molecule has 6 rings (SSSR count). The number of nitrogens with zero attached hydrogens (tertiary/aromatic N) is 4. The van der Waals surface area contributed by atoms with E-state index in [2.05, 4.69) is 68.6 Å². The predicted molar refractivity (Wildman–Crippen MR) is 284 cm³/mol. The molecule has 4 aliphatic rings. The third kappa shape index (κ3) is 19.4. The maximum absolute atomic E-state index is 13.5. The van der Waals surface area contributed by atoms with Gasteiger partial charge in [0, 0.05) is 81.1 Å². The molecule has 0 saturated carbocycles. The summed E-state index contributed by atoms with van der Waals surface area (Å²) < 4.78 is 0. The molecule has 0 unspecified atom stereocenters. The molecule has 4 atom stereocenters. The number of nitrogens with one attached hydrogen (secondary N) is 4. The van der Waals surface area contributed by atoms with E-state index in [1.54, 1.807) is 30.4 Å². The number of piperidine rings is 2. The Bertz CT molecular complexity index is 1900.